The molecule has 7 heteroatoms. The summed E-state index contributed by atoms with van der Waals surface area (Å²) in [5.74, 6) is -1.19. The second-order valence-electron chi connectivity index (χ2n) is 5.16. The molecule has 1 saturated heterocycles. The fraction of sp³-hybridized carbons (Fsp3) is 0.500. The predicted molar refractivity (Wildman–Crippen MR) is 80.1 cm³/mol. The number of carboxylic acid groups (broad SMARTS) is 1. The fourth-order valence-electron chi connectivity index (χ4n) is 2.48. The molecule has 1 amide bonds. The average Bonchev–Trinajstić information content (AvgIpc) is 2.93. The second-order valence-corrected chi connectivity index (χ2v) is 6.22. The molecule has 21 heavy (non-hydrogen) atoms. The first-order chi connectivity index (χ1) is 9.88. The lowest BCUT2D eigenvalue weighted by Crippen LogP contribution is -2.31. The molecular weight excluding hydrogens is 292 g/mol. The topological polar surface area (TPSA) is 88.5 Å². The van der Waals surface area contributed by atoms with Gasteiger partial charge in [0.25, 0.3) is 0 Å². The van der Waals surface area contributed by atoms with Gasteiger partial charge in [0.2, 0.25) is 5.91 Å². The third kappa shape index (κ3) is 3.68. The van der Waals surface area contributed by atoms with E-state index in [0.717, 1.165) is 6.08 Å². The molecule has 0 spiro atoms. The van der Waals surface area contributed by atoms with Gasteiger partial charge in [-0.05, 0) is 25.8 Å². The van der Waals surface area contributed by atoms with Crippen molar-refractivity contribution in [1.82, 2.24) is 4.98 Å². The highest BCUT2D eigenvalue weighted by molar-refractivity contribution is 7.16. The van der Waals surface area contributed by atoms with E-state index in [2.05, 4.69) is 10.3 Å². The zero-order chi connectivity index (χ0) is 15.6. The van der Waals surface area contributed by atoms with Crippen LogP contribution >= 0.6 is 11.3 Å². The van der Waals surface area contributed by atoms with E-state index in [1.807, 2.05) is 20.8 Å². The molecule has 1 aliphatic rings. The number of nitrogens with zero attached hydrogens (tertiary/aromatic N) is 1. The van der Waals surface area contributed by atoms with Gasteiger partial charge in [0.05, 0.1) is 18.1 Å². The molecule has 114 valence electrons. The SMILES string of the molecule is CC1OC(C)C(C(=O)Nc2ncc(C=CC(=O)O)s2)C1C. The lowest BCUT2D eigenvalue weighted by molar-refractivity contribution is -0.131. The highest BCUT2D eigenvalue weighted by Crippen LogP contribution is 2.33. The quantitative estimate of drug-likeness (QED) is 0.833. The van der Waals surface area contributed by atoms with Gasteiger partial charge in [-0.2, -0.15) is 0 Å². The van der Waals surface area contributed by atoms with Gasteiger partial charge in [-0.25, -0.2) is 9.78 Å². The number of ether oxygens (including phenoxy) is 1. The number of nitrogens with one attached hydrogen (secondary N) is 1. The Morgan fingerprint density at radius 3 is 2.67 bits per heavy atom. The van der Waals surface area contributed by atoms with Gasteiger partial charge in [-0.1, -0.05) is 18.3 Å². The van der Waals surface area contributed by atoms with E-state index in [1.165, 1.54) is 23.6 Å². The number of rotatable bonds is 4. The number of carbonyl (C=O) groups is 2. The number of carbonyl (C=O) groups excluding carboxylic acids is 1. The van der Waals surface area contributed by atoms with Crippen LogP contribution in [0.4, 0.5) is 5.13 Å². The monoisotopic (exact) mass is 310 g/mol. The zero-order valence-corrected chi connectivity index (χ0v) is 12.9. The van der Waals surface area contributed by atoms with E-state index >= 15 is 0 Å². The summed E-state index contributed by atoms with van der Waals surface area (Å²) in [6.45, 7) is 5.86. The molecule has 1 aromatic rings. The van der Waals surface area contributed by atoms with E-state index in [0.29, 0.717) is 10.0 Å². The molecule has 1 aromatic heterocycles. The summed E-state index contributed by atoms with van der Waals surface area (Å²) in [6.07, 6.45) is 3.94. The third-order valence-corrected chi connectivity index (χ3v) is 4.57. The minimum absolute atomic E-state index is 0.0566. The van der Waals surface area contributed by atoms with E-state index in [1.54, 1.807) is 0 Å². The van der Waals surface area contributed by atoms with Crippen molar-refractivity contribution in [2.45, 2.75) is 33.0 Å². The summed E-state index contributed by atoms with van der Waals surface area (Å²) in [6, 6.07) is 0. The van der Waals surface area contributed by atoms with Gasteiger partial charge in [0.15, 0.2) is 5.13 Å². The number of amides is 1. The molecule has 2 N–H and O–H groups in total. The van der Waals surface area contributed by atoms with E-state index < -0.39 is 5.97 Å². The molecule has 0 aromatic carbocycles. The minimum atomic E-state index is -1.02. The highest BCUT2D eigenvalue weighted by atomic mass is 32.1. The Balaban J connectivity index is 2.02. The van der Waals surface area contributed by atoms with Crippen LogP contribution in [0.15, 0.2) is 12.3 Å². The molecule has 0 radical (unpaired) electrons. The molecule has 4 unspecified atom stereocenters. The van der Waals surface area contributed by atoms with Crippen molar-refractivity contribution in [2.75, 3.05) is 5.32 Å². The number of aliphatic carboxylic acids is 1. The summed E-state index contributed by atoms with van der Waals surface area (Å²) in [4.78, 5) is 27.5. The molecule has 0 aliphatic carbocycles. The molecule has 2 heterocycles. The number of hydrogen-bond acceptors (Lipinski definition) is 5. The van der Waals surface area contributed by atoms with Gasteiger partial charge in [0, 0.05) is 17.2 Å². The van der Waals surface area contributed by atoms with Gasteiger partial charge >= 0.3 is 5.97 Å². The maximum atomic E-state index is 12.3. The number of anilines is 1. The maximum absolute atomic E-state index is 12.3. The van der Waals surface area contributed by atoms with Crippen LogP contribution in [0.5, 0.6) is 0 Å². The minimum Gasteiger partial charge on any atom is -0.478 e. The molecule has 4 atom stereocenters. The first-order valence-electron chi connectivity index (χ1n) is 6.71. The first-order valence-corrected chi connectivity index (χ1v) is 7.53. The van der Waals surface area contributed by atoms with Crippen molar-refractivity contribution >= 4 is 34.4 Å². The standard InChI is InChI=1S/C14H18N2O4S/c1-7-8(2)20-9(3)12(7)13(19)16-14-15-6-10(21-14)4-5-11(17)18/h4-9,12H,1-3H3,(H,17,18)(H,15,16,19). The predicted octanol–water partition coefficient (Wildman–Crippen LogP) is 2.24. The number of thiazole rings is 1. The summed E-state index contributed by atoms with van der Waals surface area (Å²) in [5.41, 5.74) is 0. The van der Waals surface area contributed by atoms with Crippen molar-refractivity contribution in [1.29, 1.82) is 0 Å². The number of hydrogen-bond donors (Lipinski definition) is 2. The first kappa shape index (κ1) is 15.7. The maximum Gasteiger partial charge on any atom is 0.328 e. The Kier molecular flexibility index (Phi) is 4.74. The summed E-state index contributed by atoms with van der Waals surface area (Å²) < 4.78 is 5.66. The fourth-order valence-corrected chi connectivity index (χ4v) is 3.20. The van der Waals surface area contributed by atoms with Crippen molar-refractivity contribution in [3.63, 3.8) is 0 Å². The van der Waals surface area contributed by atoms with Crippen LogP contribution in [-0.2, 0) is 14.3 Å². The molecule has 0 saturated carbocycles. The van der Waals surface area contributed by atoms with Crippen LogP contribution in [0.3, 0.4) is 0 Å². The lowest BCUT2D eigenvalue weighted by Gasteiger charge is -2.16. The smallest absolute Gasteiger partial charge is 0.328 e. The van der Waals surface area contributed by atoms with Crippen molar-refractivity contribution in [3.8, 4) is 0 Å². The third-order valence-electron chi connectivity index (χ3n) is 3.69. The van der Waals surface area contributed by atoms with Crippen LogP contribution < -0.4 is 5.32 Å². The van der Waals surface area contributed by atoms with Gasteiger partial charge in [-0.15, -0.1) is 0 Å². The normalized spacial score (nSPS) is 28.9. The average molecular weight is 310 g/mol. The van der Waals surface area contributed by atoms with Gasteiger partial charge < -0.3 is 15.2 Å². The van der Waals surface area contributed by atoms with Crippen LogP contribution in [0.1, 0.15) is 25.6 Å². The molecule has 1 fully saturated rings. The highest BCUT2D eigenvalue weighted by Gasteiger charge is 2.41. The Bertz CT molecular complexity index is 569. The Labute approximate surface area is 126 Å². The number of aromatic nitrogens is 1. The van der Waals surface area contributed by atoms with Crippen molar-refractivity contribution in [2.24, 2.45) is 11.8 Å². The van der Waals surface area contributed by atoms with E-state index in [4.69, 9.17) is 9.84 Å². The largest absolute Gasteiger partial charge is 0.478 e. The van der Waals surface area contributed by atoms with E-state index in [9.17, 15) is 9.59 Å². The van der Waals surface area contributed by atoms with Gasteiger partial charge in [-0.3, -0.25) is 4.79 Å². The van der Waals surface area contributed by atoms with Crippen LogP contribution in [0, 0.1) is 11.8 Å². The molecule has 2 rings (SSSR count). The second kappa shape index (κ2) is 6.36. The zero-order valence-electron chi connectivity index (χ0n) is 12.1. The molecule has 6 nitrogen and oxygen atoms in total. The Morgan fingerprint density at radius 1 is 1.38 bits per heavy atom. The number of carboxylic acids is 1. The summed E-state index contributed by atoms with van der Waals surface area (Å²) in [5, 5.41) is 11.8. The summed E-state index contributed by atoms with van der Waals surface area (Å²) in [7, 11) is 0. The molecule has 0 bridgehead atoms. The van der Waals surface area contributed by atoms with Crippen LogP contribution in [-0.4, -0.2) is 34.2 Å². The van der Waals surface area contributed by atoms with Crippen molar-refractivity contribution < 1.29 is 19.4 Å². The summed E-state index contributed by atoms with van der Waals surface area (Å²) >= 11 is 1.23. The van der Waals surface area contributed by atoms with Crippen LogP contribution in [0.2, 0.25) is 0 Å². The van der Waals surface area contributed by atoms with Crippen molar-refractivity contribution in [3.05, 3.63) is 17.2 Å². The molecule has 1 aliphatic heterocycles. The Morgan fingerprint density at radius 2 is 2.10 bits per heavy atom. The van der Waals surface area contributed by atoms with Crippen LogP contribution in [0.25, 0.3) is 6.08 Å². The Hall–Kier alpha value is -1.73. The van der Waals surface area contributed by atoms with E-state index in [-0.39, 0.29) is 30.0 Å². The lowest BCUT2D eigenvalue weighted by atomic mass is 9.89. The van der Waals surface area contributed by atoms with Gasteiger partial charge in [0.1, 0.15) is 0 Å². The molecular formula is C14H18N2O4S.